The predicted molar refractivity (Wildman–Crippen MR) is 114 cm³/mol. The predicted octanol–water partition coefficient (Wildman–Crippen LogP) is 2.73. The van der Waals surface area contributed by atoms with Gasteiger partial charge in [0, 0.05) is 38.1 Å². The summed E-state index contributed by atoms with van der Waals surface area (Å²) in [4.78, 5) is 7.34. The Kier molecular flexibility index (Phi) is 7.98. The molecule has 0 bridgehead atoms. The summed E-state index contributed by atoms with van der Waals surface area (Å²) in [6.07, 6.45) is 6.59. The summed E-state index contributed by atoms with van der Waals surface area (Å²) < 4.78 is 5.53. The number of hydrogen-bond acceptors (Lipinski definition) is 4. The molecule has 0 aromatic heterocycles. The number of benzene rings is 1. The second-order valence-corrected chi connectivity index (χ2v) is 8.16. The van der Waals surface area contributed by atoms with Gasteiger partial charge in [0.05, 0.1) is 19.8 Å². The van der Waals surface area contributed by atoms with E-state index >= 15 is 0 Å². The van der Waals surface area contributed by atoms with Crippen LogP contribution in [-0.4, -0.2) is 61.9 Å². The second kappa shape index (κ2) is 10.7. The van der Waals surface area contributed by atoms with Crippen molar-refractivity contribution in [2.24, 2.45) is 10.4 Å². The normalized spacial score (nSPS) is 20.7. The van der Waals surface area contributed by atoms with E-state index in [0.717, 1.165) is 57.5 Å². The van der Waals surface area contributed by atoms with Gasteiger partial charge in [-0.3, -0.25) is 4.90 Å². The van der Waals surface area contributed by atoms with Crippen LogP contribution >= 0.6 is 0 Å². The Hall–Kier alpha value is -1.79. The van der Waals surface area contributed by atoms with Gasteiger partial charge in [0.1, 0.15) is 5.75 Å². The highest BCUT2D eigenvalue weighted by Crippen LogP contribution is 2.36. The molecule has 1 saturated carbocycles. The molecule has 0 spiro atoms. The van der Waals surface area contributed by atoms with Gasteiger partial charge in [-0.05, 0) is 37.5 Å². The van der Waals surface area contributed by atoms with Crippen LogP contribution in [0.3, 0.4) is 0 Å². The largest absolute Gasteiger partial charge is 0.508 e. The monoisotopic (exact) mass is 388 g/mol. The Labute approximate surface area is 169 Å². The number of rotatable bonds is 7. The number of nitrogens with zero attached hydrogens (tertiary/aromatic N) is 2. The minimum Gasteiger partial charge on any atom is -0.508 e. The van der Waals surface area contributed by atoms with Crippen LogP contribution < -0.4 is 10.6 Å². The first-order chi connectivity index (χ1) is 13.7. The fourth-order valence-corrected chi connectivity index (χ4v) is 4.31. The minimum atomic E-state index is 0.292. The van der Waals surface area contributed by atoms with Crippen molar-refractivity contribution in [1.29, 1.82) is 0 Å². The lowest BCUT2D eigenvalue weighted by atomic mass is 9.73. The van der Waals surface area contributed by atoms with Gasteiger partial charge in [-0.25, -0.2) is 4.99 Å². The van der Waals surface area contributed by atoms with E-state index < -0.39 is 0 Å². The van der Waals surface area contributed by atoms with Gasteiger partial charge in [-0.15, -0.1) is 0 Å². The number of hydrogen-bond donors (Lipinski definition) is 3. The summed E-state index contributed by atoms with van der Waals surface area (Å²) >= 11 is 0. The second-order valence-electron chi connectivity index (χ2n) is 8.16. The molecule has 2 fully saturated rings. The number of aromatic hydroxyl groups is 1. The maximum absolute atomic E-state index is 9.44. The lowest BCUT2D eigenvalue weighted by molar-refractivity contribution is 0.00820. The lowest BCUT2D eigenvalue weighted by Crippen LogP contribution is -2.51. The van der Waals surface area contributed by atoms with E-state index in [-0.39, 0.29) is 0 Å². The highest BCUT2D eigenvalue weighted by atomic mass is 16.5. The van der Waals surface area contributed by atoms with Crippen LogP contribution in [0.15, 0.2) is 29.3 Å². The zero-order chi connectivity index (χ0) is 19.7. The Morgan fingerprint density at radius 2 is 1.82 bits per heavy atom. The summed E-state index contributed by atoms with van der Waals surface area (Å²) in [6.45, 7) is 9.49. The molecule has 0 amide bonds. The first kappa shape index (κ1) is 20.9. The van der Waals surface area contributed by atoms with Gasteiger partial charge < -0.3 is 20.5 Å². The molecule has 2 aliphatic rings. The number of aliphatic imine (C=N–C) groups is 1. The molecule has 6 heteroatoms. The van der Waals surface area contributed by atoms with Gasteiger partial charge in [0.15, 0.2) is 5.96 Å². The first-order valence-electron chi connectivity index (χ1n) is 10.8. The van der Waals surface area contributed by atoms with Crippen LogP contribution in [0.4, 0.5) is 0 Å². The minimum absolute atomic E-state index is 0.292. The SMILES string of the molecule is CCNC(=NCc1ccc(O)cc1)NCC1(CN2CCOCC2)CCCCC1. The highest BCUT2D eigenvalue weighted by molar-refractivity contribution is 5.79. The zero-order valence-electron chi connectivity index (χ0n) is 17.3. The molecule has 3 N–H and O–H groups in total. The summed E-state index contributed by atoms with van der Waals surface area (Å²) in [5.74, 6) is 1.17. The smallest absolute Gasteiger partial charge is 0.191 e. The molecule has 3 rings (SSSR count). The maximum Gasteiger partial charge on any atom is 0.191 e. The Morgan fingerprint density at radius 1 is 1.11 bits per heavy atom. The number of morpholine rings is 1. The molecule has 1 saturated heterocycles. The van der Waals surface area contributed by atoms with Crippen molar-refractivity contribution in [2.75, 3.05) is 45.9 Å². The zero-order valence-corrected chi connectivity index (χ0v) is 17.3. The molecule has 28 heavy (non-hydrogen) atoms. The lowest BCUT2D eigenvalue weighted by Gasteiger charge is -2.42. The van der Waals surface area contributed by atoms with Crippen LogP contribution in [0, 0.1) is 5.41 Å². The molecule has 1 aliphatic heterocycles. The van der Waals surface area contributed by atoms with E-state index in [2.05, 4.69) is 22.5 Å². The van der Waals surface area contributed by atoms with Crippen molar-refractivity contribution >= 4 is 5.96 Å². The summed E-state index contributed by atoms with van der Waals surface area (Å²) in [7, 11) is 0. The molecule has 0 unspecified atom stereocenters. The van der Waals surface area contributed by atoms with Crippen molar-refractivity contribution in [3.05, 3.63) is 29.8 Å². The first-order valence-corrected chi connectivity index (χ1v) is 10.8. The molecule has 1 aromatic rings. The molecule has 1 aliphatic carbocycles. The van der Waals surface area contributed by atoms with Gasteiger partial charge >= 0.3 is 0 Å². The van der Waals surface area contributed by atoms with Crippen LogP contribution in [0.1, 0.15) is 44.6 Å². The fraction of sp³-hybridized carbons (Fsp3) is 0.682. The Morgan fingerprint density at radius 3 is 2.50 bits per heavy atom. The fourth-order valence-electron chi connectivity index (χ4n) is 4.31. The molecule has 0 radical (unpaired) electrons. The van der Waals surface area contributed by atoms with Crippen LogP contribution in [0.5, 0.6) is 5.75 Å². The Bertz CT molecular complexity index is 605. The van der Waals surface area contributed by atoms with Gasteiger partial charge in [-0.1, -0.05) is 31.4 Å². The van der Waals surface area contributed by atoms with Crippen molar-refractivity contribution < 1.29 is 9.84 Å². The number of phenolic OH excluding ortho intramolecular Hbond substituents is 1. The van der Waals surface area contributed by atoms with E-state index in [0.29, 0.717) is 17.7 Å². The molecular weight excluding hydrogens is 352 g/mol. The number of nitrogens with one attached hydrogen (secondary N) is 2. The van der Waals surface area contributed by atoms with E-state index in [9.17, 15) is 5.11 Å². The number of guanidine groups is 1. The molecule has 156 valence electrons. The van der Waals surface area contributed by atoms with Crippen molar-refractivity contribution in [3.8, 4) is 5.75 Å². The van der Waals surface area contributed by atoms with E-state index in [1.165, 1.54) is 32.1 Å². The van der Waals surface area contributed by atoms with Gasteiger partial charge in [-0.2, -0.15) is 0 Å². The number of ether oxygens (including phenoxy) is 1. The van der Waals surface area contributed by atoms with E-state index in [1.54, 1.807) is 12.1 Å². The topological polar surface area (TPSA) is 69.1 Å². The molecule has 6 nitrogen and oxygen atoms in total. The van der Waals surface area contributed by atoms with E-state index in [4.69, 9.17) is 9.73 Å². The third kappa shape index (κ3) is 6.38. The summed E-state index contributed by atoms with van der Waals surface area (Å²) in [5.41, 5.74) is 1.42. The van der Waals surface area contributed by atoms with Gasteiger partial charge in [0.2, 0.25) is 0 Å². The van der Waals surface area contributed by atoms with Gasteiger partial charge in [0.25, 0.3) is 0 Å². The molecule has 1 aromatic carbocycles. The van der Waals surface area contributed by atoms with Crippen LogP contribution in [-0.2, 0) is 11.3 Å². The molecule has 1 heterocycles. The van der Waals surface area contributed by atoms with Crippen molar-refractivity contribution in [1.82, 2.24) is 15.5 Å². The van der Waals surface area contributed by atoms with Crippen LogP contribution in [0.2, 0.25) is 0 Å². The Balaban J connectivity index is 1.61. The maximum atomic E-state index is 9.44. The van der Waals surface area contributed by atoms with E-state index in [1.807, 2.05) is 12.1 Å². The summed E-state index contributed by atoms with van der Waals surface area (Å²) in [6, 6.07) is 7.27. The third-order valence-electron chi connectivity index (χ3n) is 5.91. The van der Waals surface area contributed by atoms with Crippen LogP contribution in [0.25, 0.3) is 0 Å². The average molecular weight is 389 g/mol. The summed E-state index contributed by atoms with van der Waals surface area (Å²) in [5, 5.41) is 16.5. The standard InChI is InChI=1S/C22H36N4O2/c1-2-23-21(24-16-19-6-8-20(27)9-7-19)25-17-22(10-4-3-5-11-22)18-26-12-14-28-15-13-26/h6-9,27H,2-5,10-18H2,1H3,(H2,23,24,25). The highest BCUT2D eigenvalue weighted by Gasteiger charge is 2.34. The van der Waals surface area contributed by atoms with Crippen molar-refractivity contribution in [3.63, 3.8) is 0 Å². The third-order valence-corrected chi connectivity index (χ3v) is 5.91. The average Bonchev–Trinajstić information content (AvgIpc) is 2.73. The van der Waals surface area contributed by atoms with Crippen molar-refractivity contribution in [2.45, 2.75) is 45.6 Å². The number of phenols is 1. The molecule has 0 atom stereocenters. The quantitative estimate of drug-likeness (QED) is 0.495. The molecular formula is C22H36N4O2.